The second-order valence-electron chi connectivity index (χ2n) is 2.98. The molecule has 0 N–H and O–H groups in total. The fourth-order valence-electron chi connectivity index (χ4n) is 1.27. The second kappa shape index (κ2) is 3.35. The van der Waals surface area contributed by atoms with Crippen LogP contribution in [0, 0.1) is 18.3 Å². The summed E-state index contributed by atoms with van der Waals surface area (Å²) >= 11 is 0. The number of hydrogen-bond donors (Lipinski definition) is 0. The molecule has 3 heteroatoms. The molecule has 0 saturated heterocycles. The summed E-state index contributed by atoms with van der Waals surface area (Å²) in [5.74, 6) is 0.769. The van der Waals surface area contributed by atoms with E-state index in [0.717, 1.165) is 16.9 Å². The van der Waals surface area contributed by atoms with Gasteiger partial charge in [-0.1, -0.05) is 0 Å². The van der Waals surface area contributed by atoms with E-state index in [-0.39, 0.29) is 0 Å². The van der Waals surface area contributed by atoms with Crippen LogP contribution in [0.3, 0.4) is 0 Å². The van der Waals surface area contributed by atoms with Crippen molar-refractivity contribution < 1.29 is 4.42 Å². The van der Waals surface area contributed by atoms with Gasteiger partial charge in [0.15, 0.2) is 0 Å². The number of rotatable bonds is 1. The molecule has 0 aliphatic carbocycles. The number of aryl methyl sites for hydroxylation is 1. The Morgan fingerprint density at radius 1 is 1.50 bits per heavy atom. The van der Waals surface area contributed by atoms with Crippen molar-refractivity contribution >= 4 is 0 Å². The molecular formula is C11H8N2O. The molecule has 0 aromatic carbocycles. The van der Waals surface area contributed by atoms with Gasteiger partial charge in [0.25, 0.3) is 0 Å². The van der Waals surface area contributed by atoms with Crippen molar-refractivity contribution in [3.05, 3.63) is 41.9 Å². The van der Waals surface area contributed by atoms with Crippen molar-refractivity contribution in [1.29, 1.82) is 5.26 Å². The molecular weight excluding hydrogens is 176 g/mol. The van der Waals surface area contributed by atoms with Crippen molar-refractivity contribution in [3.8, 4) is 17.4 Å². The highest BCUT2D eigenvalue weighted by molar-refractivity contribution is 5.58. The van der Waals surface area contributed by atoms with E-state index in [0.29, 0.717) is 5.69 Å². The Balaban J connectivity index is 2.49. The van der Waals surface area contributed by atoms with E-state index in [2.05, 4.69) is 4.98 Å². The summed E-state index contributed by atoms with van der Waals surface area (Å²) in [4.78, 5) is 4.03. The molecule has 0 amide bonds. The van der Waals surface area contributed by atoms with Gasteiger partial charge in [0.1, 0.15) is 17.5 Å². The largest absolute Gasteiger partial charge is 0.464 e. The number of nitrogens with zero attached hydrogens (tertiary/aromatic N) is 2. The molecule has 3 nitrogen and oxygen atoms in total. The van der Waals surface area contributed by atoms with Gasteiger partial charge in [-0.3, -0.25) is 0 Å². The van der Waals surface area contributed by atoms with Crippen LogP contribution < -0.4 is 0 Å². The van der Waals surface area contributed by atoms with Gasteiger partial charge in [0.2, 0.25) is 0 Å². The van der Waals surface area contributed by atoms with Gasteiger partial charge in [0.05, 0.1) is 6.26 Å². The van der Waals surface area contributed by atoms with Crippen molar-refractivity contribution in [2.45, 2.75) is 6.92 Å². The van der Waals surface area contributed by atoms with E-state index in [1.165, 1.54) is 0 Å². The van der Waals surface area contributed by atoms with Crippen LogP contribution >= 0.6 is 0 Å². The van der Waals surface area contributed by atoms with Gasteiger partial charge in [-0.25, -0.2) is 4.98 Å². The van der Waals surface area contributed by atoms with Gasteiger partial charge in [-0.15, -0.1) is 0 Å². The Labute approximate surface area is 81.6 Å². The molecule has 0 unspecified atom stereocenters. The Hall–Kier alpha value is -2.08. The maximum absolute atomic E-state index is 8.70. The third-order valence-corrected chi connectivity index (χ3v) is 1.99. The molecule has 0 aliphatic rings. The summed E-state index contributed by atoms with van der Waals surface area (Å²) in [7, 11) is 0. The highest BCUT2D eigenvalue weighted by Gasteiger charge is 2.04. The van der Waals surface area contributed by atoms with Gasteiger partial charge >= 0.3 is 0 Å². The van der Waals surface area contributed by atoms with Crippen LogP contribution in [0.5, 0.6) is 0 Å². The summed E-state index contributed by atoms with van der Waals surface area (Å²) in [6.45, 7) is 1.86. The van der Waals surface area contributed by atoms with Crippen LogP contribution in [0.4, 0.5) is 0 Å². The molecule has 2 heterocycles. The Bertz CT molecular complexity index is 480. The molecule has 0 saturated carbocycles. The number of hydrogen-bond acceptors (Lipinski definition) is 3. The van der Waals surface area contributed by atoms with Crippen LogP contribution in [0.2, 0.25) is 0 Å². The van der Waals surface area contributed by atoms with E-state index in [4.69, 9.17) is 9.68 Å². The Morgan fingerprint density at radius 2 is 2.36 bits per heavy atom. The molecule has 68 valence electrons. The highest BCUT2D eigenvalue weighted by atomic mass is 16.3. The average molecular weight is 184 g/mol. The minimum Gasteiger partial charge on any atom is -0.464 e. The molecule has 14 heavy (non-hydrogen) atoms. The lowest BCUT2D eigenvalue weighted by Gasteiger charge is -1.99. The quantitative estimate of drug-likeness (QED) is 0.684. The lowest BCUT2D eigenvalue weighted by Crippen LogP contribution is -1.88. The van der Waals surface area contributed by atoms with Crippen molar-refractivity contribution in [2.24, 2.45) is 0 Å². The number of pyridine rings is 1. The molecule has 2 aromatic rings. The van der Waals surface area contributed by atoms with Gasteiger partial charge in [-0.2, -0.15) is 5.26 Å². The number of furan rings is 1. The van der Waals surface area contributed by atoms with Crippen molar-refractivity contribution in [3.63, 3.8) is 0 Å². The normalized spacial score (nSPS) is 9.71. The van der Waals surface area contributed by atoms with Crippen LogP contribution in [0.1, 0.15) is 11.3 Å². The lowest BCUT2D eigenvalue weighted by atomic mass is 10.1. The minimum atomic E-state index is 0.459. The first-order chi connectivity index (χ1) is 6.81. The average Bonchev–Trinajstić information content (AvgIpc) is 2.70. The molecule has 0 spiro atoms. The molecule has 0 radical (unpaired) electrons. The maximum Gasteiger partial charge on any atom is 0.143 e. The highest BCUT2D eigenvalue weighted by Crippen LogP contribution is 2.20. The molecule has 0 fully saturated rings. The number of nitriles is 1. The first-order valence-electron chi connectivity index (χ1n) is 4.22. The Morgan fingerprint density at radius 3 is 2.93 bits per heavy atom. The molecule has 2 aromatic heterocycles. The number of aromatic nitrogens is 1. The zero-order valence-electron chi connectivity index (χ0n) is 7.69. The topological polar surface area (TPSA) is 49.8 Å². The van der Waals surface area contributed by atoms with Crippen molar-refractivity contribution in [2.75, 3.05) is 0 Å². The second-order valence-corrected chi connectivity index (χ2v) is 2.98. The zero-order chi connectivity index (χ0) is 9.97. The molecule has 0 atom stereocenters. The van der Waals surface area contributed by atoms with E-state index >= 15 is 0 Å². The fraction of sp³-hybridized carbons (Fsp3) is 0.0909. The third kappa shape index (κ3) is 1.38. The summed E-state index contributed by atoms with van der Waals surface area (Å²) in [5.41, 5.74) is 2.22. The van der Waals surface area contributed by atoms with Gasteiger partial charge in [-0.05, 0) is 30.7 Å². The van der Waals surface area contributed by atoms with Crippen LogP contribution in [-0.4, -0.2) is 4.98 Å². The lowest BCUT2D eigenvalue weighted by molar-refractivity contribution is 0.582. The van der Waals surface area contributed by atoms with Crippen molar-refractivity contribution in [1.82, 2.24) is 4.98 Å². The van der Waals surface area contributed by atoms with E-state index in [1.807, 2.05) is 31.2 Å². The first kappa shape index (κ1) is 8.52. The van der Waals surface area contributed by atoms with E-state index in [1.54, 1.807) is 12.5 Å². The summed E-state index contributed by atoms with van der Waals surface area (Å²) in [5, 5.41) is 8.70. The predicted molar refractivity (Wildman–Crippen MR) is 51.4 cm³/mol. The van der Waals surface area contributed by atoms with Gasteiger partial charge < -0.3 is 4.42 Å². The predicted octanol–water partition coefficient (Wildman–Crippen LogP) is 2.52. The zero-order valence-corrected chi connectivity index (χ0v) is 7.69. The minimum absolute atomic E-state index is 0.459. The van der Waals surface area contributed by atoms with Crippen LogP contribution in [0.15, 0.2) is 35.1 Å². The van der Waals surface area contributed by atoms with E-state index < -0.39 is 0 Å². The van der Waals surface area contributed by atoms with E-state index in [9.17, 15) is 0 Å². The SMILES string of the molecule is Cc1cc(-c2ccco2)cnc1C#N. The molecule has 2 rings (SSSR count). The summed E-state index contributed by atoms with van der Waals surface area (Å²) in [6.07, 6.45) is 3.26. The maximum atomic E-state index is 8.70. The summed E-state index contributed by atoms with van der Waals surface area (Å²) < 4.78 is 5.23. The van der Waals surface area contributed by atoms with Gasteiger partial charge in [0, 0.05) is 11.8 Å². The van der Waals surface area contributed by atoms with Crippen LogP contribution in [-0.2, 0) is 0 Å². The third-order valence-electron chi connectivity index (χ3n) is 1.99. The molecule has 0 aliphatic heterocycles. The van der Waals surface area contributed by atoms with Crippen LogP contribution in [0.25, 0.3) is 11.3 Å². The summed E-state index contributed by atoms with van der Waals surface area (Å²) in [6, 6.07) is 7.61. The monoisotopic (exact) mass is 184 g/mol. The Kier molecular flexibility index (Phi) is 2.04. The standard InChI is InChI=1S/C11H8N2O/c1-8-5-9(7-13-10(8)6-12)11-3-2-4-14-11/h2-5,7H,1H3. The smallest absolute Gasteiger partial charge is 0.143 e. The fourth-order valence-corrected chi connectivity index (χ4v) is 1.27. The molecule has 0 bridgehead atoms. The first-order valence-corrected chi connectivity index (χ1v) is 4.22.